The van der Waals surface area contributed by atoms with Crippen LogP contribution in [0.3, 0.4) is 0 Å². The number of hydrogen-bond acceptors (Lipinski definition) is 4. The summed E-state index contributed by atoms with van der Waals surface area (Å²) < 4.78 is 27.7. The first-order valence-electron chi connectivity index (χ1n) is 8.14. The van der Waals surface area contributed by atoms with Crippen molar-refractivity contribution in [2.75, 3.05) is 5.75 Å². The normalized spacial score (nSPS) is 11.6. The minimum atomic E-state index is -3.40. The Morgan fingerprint density at radius 2 is 1.29 bits per heavy atom. The van der Waals surface area contributed by atoms with Crippen LogP contribution in [0.4, 0.5) is 0 Å². The average molecular weight is 331 g/mol. The molecule has 0 aromatic carbocycles. The van der Waals surface area contributed by atoms with Crippen LogP contribution in [0.2, 0.25) is 0 Å². The molecule has 124 valence electrons. The van der Waals surface area contributed by atoms with Gasteiger partial charge in [-0.3, -0.25) is 0 Å². The summed E-state index contributed by atoms with van der Waals surface area (Å²) in [4.78, 5) is 0. The van der Waals surface area contributed by atoms with E-state index in [1.165, 1.54) is 44.9 Å². The van der Waals surface area contributed by atoms with Gasteiger partial charge >= 0.3 is 29.6 Å². The third kappa shape index (κ3) is 18.8. The molecule has 0 amide bonds. The Labute approximate surface area is 154 Å². The first-order chi connectivity index (χ1) is 9.48. The van der Waals surface area contributed by atoms with Crippen LogP contribution in [0.15, 0.2) is 0 Å². The predicted octanol–water partition coefficient (Wildman–Crippen LogP) is 3.52. The monoisotopic (exact) mass is 331 g/mol. The van der Waals surface area contributed by atoms with Gasteiger partial charge in [0.15, 0.2) is 0 Å². The van der Waals surface area contributed by atoms with Crippen molar-refractivity contribution in [3.05, 3.63) is 0 Å². The Bertz CT molecular complexity index is 308. The van der Waals surface area contributed by atoms with Gasteiger partial charge in [0.1, 0.15) is 0 Å². The van der Waals surface area contributed by atoms with Crippen LogP contribution in [-0.2, 0) is 14.4 Å². The molecule has 6 heteroatoms. The van der Waals surface area contributed by atoms with E-state index in [1.54, 1.807) is 0 Å². The molecule has 0 aromatic heterocycles. The van der Waals surface area contributed by atoms with Gasteiger partial charge in [0.2, 0.25) is 0 Å². The van der Waals surface area contributed by atoms with Gasteiger partial charge in [0, 0.05) is 6.04 Å². The van der Waals surface area contributed by atoms with E-state index in [2.05, 4.69) is 12.4 Å². The van der Waals surface area contributed by atoms with E-state index in [4.69, 9.17) is 4.28 Å². The number of nitrogens with one attached hydrogen (secondary N) is 1. The van der Waals surface area contributed by atoms with Crippen molar-refractivity contribution in [1.29, 1.82) is 0 Å². The Morgan fingerprint density at radius 3 is 1.71 bits per heavy atom. The van der Waals surface area contributed by atoms with Gasteiger partial charge in [-0.15, -0.1) is 0 Å². The summed E-state index contributed by atoms with van der Waals surface area (Å²) in [6.45, 7) is 5.92. The van der Waals surface area contributed by atoms with Crippen LogP contribution in [-0.4, -0.2) is 49.8 Å². The zero-order valence-electron chi connectivity index (χ0n) is 13.5. The van der Waals surface area contributed by atoms with Crippen LogP contribution in [0, 0.1) is 0 Å². The van der Waals surface area contributed by atoms with E-state index in [-0.39, 0.29) is 41.4 Å². The molecule has 0 spiro atoms. The van der Waals surface area contributed by atoms with Gasteiger partial charge in [0.25, 0.3) is 10.1 Å². The molecule has 1 N–H and O–H groups in total. The summed E-state index contributed by atoms with van der Waals surface area (Å²) >= 11 is 0. The average Bonchev–Trinajstić information content (AvgIpc) is 2.39. The Hall–Kier alpha value is 0.870. The summed E-state index contributed by atoms with van der Waals surface area (Å²) in [6, 6.07) is 0.0116. The van der Waals surface area contributed by atoms with Gasteiger partial charge in [-0.1, -0.05) is 64.7 Å². The molecular weight excluding hydrogens is 297 g/mol. The number of rotatable bonds is 14. The van der Waals surface area contributed by atoms with E-state index in [0.717, 1.165) is 12.8 Å². The number of unbranched alkanes of at least 4 members (excludes halogenated alkanes) is 9. The molecule has 0 fully saturated rings. The molecule has 0 atom stereocenters. The van der Waals surface area contributed by atoms with Crippen LogP contribution < -0.4 is 5.48 Å². The summed E-state index contributed by atoms with van der Waals surface area (Å²) in [5.74, 6) is 0.114. The van der Waals surface area contributed by atoms with E-state index in [0.29, 0.717) is 6.42 Å². The fourth-order valence-electron chi connectivity index (χ4n) is 1.98. The van der Waals surface area contributed by atoms with Crippen molar-refractivity contribution >= 4 is 39.7 Å². The van der Waals surface area contributed by atoms with Gasteiger partial charge in [0.05, 0.1) is 5.75 Å². The zero-order valence-corrected chi connectivity index (χ0v) is 14.3. The third-order valence-corrected chi connectivity index (χ3v) is 4.30. The topological polar surface area (TPSA) is 55.4 Å². The molecule has 0 saturated carbocycles. The number of hydrogen-bond donors (Lipinski definition) is 1. The van der Waals surface area contributed by atoms with Crippen molar-refractivity contribution in [2.45, 2.75) is 91.0 Å². The molecule has 0 aliphatic heterocycles. The third-order valence-electron chi connectivity index (χ3n) is 3.16. The first-order valence-corrected chi connectivity index (χ1v) is 9.72. The van der Waals surface area contributed by atoms with E-state index < -0.39 is 10.1 Å². The molecule has 0 radical (unpaired) electrons. The summed E-state index contributed by atoms with van der Waals surface area (Å²) in [5.41, 5.74) is 2.48. The molecule has 0 unspecified atom stereocenters. The molecular formula is C15H34NNaO3S. The van der Waals surface area contributed by atoms with Crippen LogP contribution in [0.5, 0.6) is 0 Å². The SMILES string of the molecule is CCCCCCCCCCCCS(=O)(=O)ONC(C)C.[NaH]. The van der Waals surface area contributed by atoms with Gasteiger partial charge in [-0.2, -0.15) is 18.2 Å². The second-order valence-electron chi connectivity index (χ2n) is 5.80. The van der Waals surface area contributed by atoms with Crippen molar-refractivity contribution < 1.29 is 12.7 Å². The van der Waals surface area contributed by atoms with Crippen molar-refractivity contribution in [1.82, 2.24) is 5.48 Å². The molecule has 0 bridgehead atoms. The Kier molecular flexibility index (Phi) is 18.1. The second-order valence-corrected chi connectivity index (χ2v) is 7.49. The second kappa shape index (κ2) is 15.8. The van der Waals surface area contributed by atoms with Crippen LogP contribution >= 0.6 is 0 Å². The fraction of sp³-hybridized carbons (Fsp3) is 1.00. The van der Waals surface area contributed by atoms with E-state index >= 15 is 0 Å². The summed E-state index contributed by atoms with van der Waals surface area (Å²) in [6.07, 6.45) is 12.0. The molecule has 0 aromatic rings. The zero-order chi connectivity index (χ0) is 15.3. The summed E-state index contributed by atoms with van der Waals surface area (Å²) in [7, 11) is -3.40. The Morgan fingerprint density at radius 1 is 0.857 bits per heavy atom. The van der Waals surface area contributed by atoms with Gasteiger partial charge in [-0.05, 0) is 20.3 Å². The Balaban J connectivity index is 0. The van der Waals surface area contributed by atoms with Gasteiger partial charge < -0.3 is 0 Å². The van der Waals surface area contributed by atoms with Crippen LogP contribution in [0.25, 0.3) is 0 Å². The molecule has 4 nitrogen and oxygen atoms in total. The molecule has 0 aliphatic rings. The first kappa shape index (κ1) is 24.1. The maximum atomic E-state index is 11.5. The molecule has 0 rings (SSSR count). The van der Waals surface area contributed by atoms with Crippen molar-refractivity contribution in [3.8, 4) is 0 Å². The standard InChI is InChI=1S/C15H33NO3S.Na.H/c1-4-5-6-7-8-9-10-11-12-13-14-20(17,18)19-16-15(2)3;;/h15-16H,4-14H2,1-3H3;;. The number of hydroxylamine groups is 1. The molecule has 0 heterocycles. The fourth-order valence-corrected chi connectivity index (χ4v) is 2.96. The molecule has 21 heavy (non-hydrogen) atoms. The molecule has 0 aliphatic carbocycles. The van der Waals surface area contributed by atoms with Crippen molar-refractivity contribution in [3.63, 3.8) is 0 Å². The van der Waals surface area contributed by atoms with E-state index in [1.807, 2.05) is 13.8 Å². The maximum absolute atomic E-state index is 11.5. The van der Waals surface area contributed by atoms with E-state index in [9.17, 15) is 8.42 Å². The quantitative estimate of drug-likeness (QED) is 0.301. The van der Waals surface area contributed by atoms with Crippen LogP contribution in [0.1, 0.15) is 85.0 Å². The van der Waals surface area contributed by atoms with Crippen molar-refractivity contribution in [2.24, 2.45) is 0 Å². The van der Waals surface area contributed by atoms with Gasteiger partial charge in [-0.25, -0.2) is 0 Å². The minimum absolute atomic E-state index is 0. The summed E-state index contributed by atoms with van der Waals surface area (Å²) in [5, 5.41) is 0. The predicted molar refractivity (Wildman–Crippen MR) is 92.1 cm³/mol. The molecule has 0 saturated heterocycles.